The van der Waals surface area contributed by atoms with Gasteiger partial charge in [0, 0.05) is 13.5 Å². The maximum absolute atomic E-state index is 11.1. The van der Waals surface area contributed by atoms with Crippen LogP contribution in [0.3, 0.4) is 0 Å². The lowest BCUT2D eigenvalue weighted by molar-refractivity contribution is -0.193. The molecule has 1 aliphatic heterocycles. The van der Waals surface area contributed by atoms with Crippen molar-refractivity contribution in [1.82, 2.24) is 4.90 Å². The van der Waals surface area contributed by atoms with E-state index in [4.69, 9.17) is 9.47 Å². The molecule has 14 heavy (non-hydrogen) atoms. The summed E-state index contributed by atoms with van der Waals surface area (Å²) in [6.45, 7) is 8.76. The highest BCUT2D eigenvalue weighted by Crippen LogP contribution is 2.09. The van der Waals surface area contributed by atoms with Gasteiger partial charge in [-0.1, -0.05) is 6.08 Å². The summed E-state index contributed by atoms with van der Waals surface area (Å²) in [6, 6.07) is 0. The second-order valence-corrected chi connectivity index (χ2v) is 3.34. The molecular weight excluding hydrogens is 182 g/mol. The van der Waals surface area contributed by atoms with Crippen molar-refractivity contribution in [3.8, 4) is 0 Å². The lowest BCUT2D eigenvalue weighted by Crippen LogP contribution is -2.46. The van der Waals surface area contributed by atoms with Gasteiger partial charge in [-0.2, -0.15) is 0 Å². The van der Waals surface area contributed by atoms with Crippen LogP contribution in [-0.2, 0) is 14.3 Å². The van der Waals surface area contributed by atoms with Crippen LogP contribution in [-0.4, -0.2) is 42.9 Å². The molecule has 1 aliphatic rings. The van der Waals surface area contributed by atoms with Crippen molar-refractivity contribution in [3.05, 3.63) is 12.7 Å². The van der Waals surface area contributed by atoms with Crippen molar-refractivity contribution in [2.75, 3.05) is 19.7 Å². The third-order valence-electron chi connectivity index (χ3n) is 2.18. The fourth-order valence-corrected chi connectivity index (χ4v) is 1.28. The minimum Gasteiger partial charge on any atom is -0.349 e. The van der Waals surface area contributed by atoms with Crippen LogP contribution in [0.4, 0.5) is 0 Å². The summed E-state index contributed by atoms with van der Waals surface area (Å²) in [5.74, 6) is 0.0631. The van der Waals surface area contributed by atoms with E-state index in [0.717, 1.165) is 0 Å². The lowest BCUT2D eigenvalue weighted by atomic mass is 10.3. The fraction of sp³-hybridized carbons (Fsp3) is 0.700. The summed E-state index contributed by atoms with van der Waals surface area (Å²) >= 11 is 0. The monoisotopic (exact) mass is 199 g/mol. The zero-order valence-electron chi connectivity index (χ0n) is 8.73. The molecule has 1 amide bonds. The number of hydrogen-bond donors (Lipinski definition) is 0. The SMILES string of the molecule is C=CC(C)OC1CN(C(C)=O)CCO1. The number of ether oxygens (including phenoxy) is 2. The van der Waals surface area contributed by atoms with Gasteiger partial charge in [-0.25, -0.2) is 0 Å². The van der Waals surface area contributed by atoms with Crippen molar-refractivity contribution in [2.24, 2.45) is 0 Å². The Bertz CT molecular complexity index is 217. The summed E-state index contributed by atoms with van der Waals surface area (Å²) in [5, 5.41) is 0. The minimum atomic E-state index is -0.319. The fourth-order valence-electron chi connectivity index (χ4n) is 1.28. The molecule has 4 heteroatoms. The molecule has 4 nitrogen and oxygen atoms in total. The molecule has 0 aliphatic carbocycles. The highest BCUT2D eigenvalue weighted by molar-refractivity contribution is 5.73. The summed E-state index contributed by atoms with van der Waals surface area (Å²) < 4.78 is 10.9. The summed E-state index contributed by atoms with van der Waals surface area (Å²) in [5.41, 5.74) is 0. The zero-order chi connectivity index (χ0) is 10.6. The van der Waals surface area contributed by atoms with Crippen LogP contribution in [0, 0.1) is 0 Å². The molecule has 0 saturated carbocycles. The quantitative estimate of drug-likeness (QED) is 0.630. The van der Waals surface area contributed by atoms with E-state index < -0.39 is 0 Å². The third-order valence-corrected chi connectivity index (χ3v) is 2.18. The van der Waals surface area contributed by atoms with Crippen LogP contribution >= 0.6 is 0 Å². The molecule has 2 unspecified atom stereocenters. The van der Waals surface area contributed by atoms with E-state index in [1.807, 2.05) is 6.92 Å². The molecule has 0 bridgehead atoms. The molecule has 1 fully saturated rings. The van der Waals surface area contributed by atoms with Crippen molar-refractivity contribution in [3.63, 3.8) is 0 Å². The first kappa shape index (κ1) is 11.2. The maximum Gasteiger partial charge on any atom is 0.219 e. The second kappa shape index (κ2) is 5.12. The predicted molar refractivity (Wildman–Crippen MR) is 52.7 cm³/mol. The number of hydrogen-bond acceptors (Lipinski definition) is 3. The van der Waals surface area contributed by atoms with Gasteiger partial charge in [0.25, 0.3) is 0 Å². The molecule has 0 spiro atoms. The molecule has 0 aromatic rings. The van der Waals surface area contributed by atoms with Crippen LogP contribution in [0.5, 0.6) is 0 Å². The molecule has 0 aromatic carbocycles. The van der Waals surface area contributed by atoms with E-state index >= 15 is 0 Å². The van der Waals surface area contributed by atoms with Crippen molar-refractivity contribution in [1.29, 1.82) is 0 Å². The van der Waals surface area contributed by atoms with Gasteiger partial charge in [0.1, 0.15) is 0 Å². The van der Waals surface area contributed by atoms with Gasteiger partial charge >= 0.3 is 0 Å². The Morgan fingerprint density at radius 2 is 2.50 bits per heavy atom. The van der Waals surface area contributed by atoms with Crippen LogP contribution in [0.2, 0.25) is 0 Å². The molecule has 0 N–H and O–H groups in total. The molecule has 1 saturated heterocycles. The molecule has 0 radical (unpaired) electrons. The van der Waals surface area contributed by atoms with E-state index in [0.29, 0.717) is 19.7 Å². The van der Waals surface area contributed by atoms with Crippen LogP contribution in [0.25, 0.3) is 0 Å². The first-order valence-electron chi connectivity index (χ1n) is 4.78. The third kappa shape index (κ3) is 3.12. The van der Waals surface area contributed by atoms with Crippen molar-refractivity contribution < 1.29 is 14.3 Å². The highest BCUT2D eigenvalue weighted by atomic mass is 16.7. The van der Waals surface area contributed by atoms with Crippen LogP contribution < -0.4 is 0 Å². The summed E-state index contributed by atoms with van der Waals surface area (Å²) in [7, 11) is 0. The Hall–Kier alpha value is -0.870. The molecule has 2 atom stereocenters. The molecule has 1 rings (SSSR count). The van der Waals surface area contributed by atoms with E-state index in [-0.39, 0.29) is 18.3 Å². The molecule has 80 valence electrons. The Kier molecular flexibility index (Phi) is 4.10. The van der Waals surface area contributed by atoms with Crippen LogP contribution in [0.1, 0.15) is 13.8 Å². The molecule has 1 heterocycles. The largest absolute Gasteiger partial charge is 0.349 e. The van der Waals surface area contributed by atoms with E-state index in [1.54, 1.807) is 17.9 Å². The van der Waals surface area contributed by atoms with E-state index in [1.165, 1.54) is 0 Å². The van der Waals surface area contributed by atoms with Gasteiger partial charge in [0.2, 0.25) is 5.91 Å². The average molecular weight is 199 g/mol. The summed E-state index contributed by atoms with van der Waals surface area (Å²) in [6.07, 6.45) is 1.34. The van der Waals surface area contributed by atoms with Gasteiger partial charge < -0.3 is 14.4 Å². The lowest BCUT2D eigenvalue weighted by Gasteiger charge is -2.32. The van der Waals surface area contributed by atoms with Gasteiger partial charge in [0.05, 0.1) is 19.3 Å². The maximum atomic E-state index is 11.1. The topological polar surface area (TPSA) is 38.8 Å². The smallest absolute Gasteiger partial charge is 0.219 e. The first-order valence-corrected chi connectivity index (χ1v) is 4.78. The van der Waals surface area contributed by atoms with Crippen LogP contribution in [0.15, 0.2) is 12.7 Å². The molecular formula is C10H17NO3. The van der Waals surface area contributed by atoms with Gasteiger partial charge in [-0.05, 0) is 6.92 Å². The standard InChI is InChI=1S/C10H17NO3/c1-4-8(2)14-10-7-11(9(3)12)5-6-13-10/h4,8,10H,1,5-7H2,2-3H3. The number of nitrogens with zero attached hydrogens (tertiary/aromatic N) is 1. The number of carbonyl (C=O) groups excluding carboxylic acids is 1. The number of rotatable bonds is 3. The zero-order valence-corrected chi connectivity index (χ0v) is 8.73. The Morgan fingerprint density at radius 3 is 3.07 bits per heavy atom. The predicted octanol–water partition coefficient (Wildman–Crippen LogP) is 0.782. The van der Waals surface area contributed by atoms with Gasteiger partial charge in [-0.15, -0.1) is 6.58 Å². The number of morpholine rings is 1. The Balaban J connectivity index is 2.39. The van der Waals surface area contributed by atoms with E-state index in [9.17, 15) is 4.79 Å². The summed E-state index contributed by atoms with van der Waals surface area (Å²) in [4.78, 5) is 12.8. The minimum absolute atomic E-state index is 0.0492. The molecule has 0 aromatic heterocycles. The first-order chi connectivity index (χ1) is 6.63. The number of amides is 1. The Labute approximate surface area is 84.5 Å². The second-order valence-electron chi connectivity index (χ2n) is 3.34. The average Bonchev–Trinajstić information content (AvgIpc) is 2.18. The van der Waals surface area contributed by atoms with E-state index in [2.05, 4.69) is 6.58 Å². The highest BCUT2D eigenvalue weighted by Gasteiger charge is 2.23. The number of carbonyl (C=O) groups is 1. The van der Waals surface area contributed by atoms with Gasteiger partial charge in [0.15, 0.2) is 6.29 Å². The normalized spacial score (nSPS) is 24.4. The van der Waals surface area contributed by atoms with Crippen molar-refractivity contribution in [2.45, 2.75) is 26.2 Å². The van der Waals surface area contributed by atoms with Gasteiger partial charge in [-0.3, -0.25) is 4.79 Å². The van der Waals surface area contributed by atoms with Crippen molar-refractivity contribution >= 4 is 5.91 Å². The Morgan fingerprint density at radius 1 is 1.79 bits per heavy atom.